The summed E-state index contributed by atoms with van der Waals surface area (Å²) in [5.74, 6) is -0.590. The summed E-state index contributed by atoms with van der Waals surface area (Å²) in [4.78, 5) is 25.2. The highest BCUT2D eigenvalue weighted by molar-refractivity contribution is 5.95. The molecule has 1 unspecified atom stereocenters. The molecule has 1 aromatic carbocycles. The van der Waals surface area contributed by atoms with Gasteiger partial charge >= 0.3 is 0 Å². The molecule has 0 aliphatic heterocycles. The minimum absolute atomic E-state index is 0.0290. The van der Waals surface area contributed by atoms with Crippen LogP contribution in [0.5, 0.6) is 0 Å². The van der Waals surface area contributed by atoms with Crippen LogP contribution < -0.4 is 11.1 Å². The lowest BCUT2D eigenvalue weighted by molar-refractivity contribution is -0.136. The maximum absolute atomic E-state index is 12.0. The van der Waals surface area contributed by atoms with Crippen molar-refractivity contribution in [2.75, 3.05) is 25.5 Å². The number of nitrogens with one attached hydrogen (secondary N) is 1. The van der Waals surface area contributed by atoms with Crippen molar-refractivity contribution in [1.82, 2.24) is 4.90 Å². The highest BCUT2D eigenvalue weighted by Crippen LogP contribution is 2.15. The molecule has 0 aliphatic carbocycles. The van der Waals surface area contributed by atoms with Gasteiger partial charge in [-0.2, -0.15) is 0 Å². The zero-order valence-corrected chi connectivity index (χ0v) is 12.3. The summed E-state index contributed by atoms with van der Waals surface area (Å²) in [7, 11) is 1.61. The highest BCUT2D eigenvalue weighted by Gasteiger charge is 2.18. The Morgan fingerprint density at radius 2 is 2.00 bits per heavy atom. The Kier molecular flexibility index (Phi) is 6.18. The lowest BCUT2D eigenvalue weighted by Gasteiger charge is -2.20. The molecule has 3 N–H and O–H groups in total. The SMILES string of the molecule is CCc1ccccc1NC(=O)CN(C)C(=O)C(C)CN. The van der Waals surface area contributed by atoms with E-state index in [0.29, 0.717) is 0 Å². The predicted molar refractivity (Wildman–Crippen MR) is 80.3 cm³/mol. The molecule has 0 saturated heterocycles. The van der Waals surface area contributed by atoms with Gasteiger partial charge in [-0.1, -0.05) is 32.0 Å². The number of amides is 2. The Morgan fingerprint density at radius 1 is 1.35 bits per heavy atom. The van der Waals surface area contributed by atoms with E-state index < -0.39 is 0 Å². The van der Waals surface area contributed by atoms with E-state index in [9.17, 15) is 9.59 Å². The molecule has 0 aromatic heterocycles. The number of likely N-dealkylation sites (N-methyl/N-ethyl adjacent to an activating group) is 1. The molecular weight excluding hydrogens is 254 g/mol. The second-order valence-corrected chi connectivity index (χ2v) is 4.89. The van der Waals surface area contributed by atoms with E-state index >= 15 is 0 Å². The molecule has 0 saturated carbocycles. The molecule has 1 aromatic rings. The first-order valence-corrected chi connectivity index (χ1v) is 6.82. The van der Waals surface area contributed by atoms with Crippen LogP contribution in [0, 0.1) is 5.92 Å². The summed E-state index contributed by atoms with van der Waals surface area (Å²) in [6.07, 6.45) is 0.843. The van der Waals surface area contributed by atoms with E-state index in [2.05, 4.69) is 5.32 Å². The van der Waals surface area contributed by atoms with Crippen LogP contribution in [0.4, 0.5) is 5.69 Å². The van der Waals surface area contributed by atoms with Crippen LogP contribution in [-0.2, 0) is 16.0 Å². The highest BCUT2D eigenvalue weighted by atomic mass is 16.2. The summed E-state index contributed by atoms with van der Waals surface area (Å²) in [5.41, 5.74) is 7.33. The van der Waals surface area contributed by atoms with E-state index in [4.69, 9.17) is 5.73 Å². The predicted octanol–water partition coefficient (Wildman–Crippen LogP) is 1.24. The van der Waals surface area contributed by atoms with Crippen molar-refractivity contribution in [2.45, 2.75) is 20.3 Å². The zero-order valence-electron chi connectivity index (χ0n) is 12.3. The molecule has 20 heavy (non-hydrogen) atoms. The fourth-order valence-electron chi connectivity index (χ4n) is 1.91. The van der Waals surface area contributed by atoms with Crippen LogP contribution in [-0.4, -0.2) is 36.9 Å². The third-order valence-electron chi connectivity index (χ3n) is 3.20. The molecule has 1 atom stereocenters. The Morgan fingerprint density at radius 3 is 2.60 bits per heavy atom. The lowest BCUT2D eigenvalue weighted by Crippen LogP contribution is -2.39. The van der Waals surface area contributed by atoms with Gasteiger partial charge in [-0.3, -0.25) is 9.59 Å². The monoisotopic (exact) mass is 277 g/mol. The molecule has 0 radical (unpaired) electrons. The lowest BCUT2D eigenvalue weighted by atomic mass is 10.1. The zero-order chi connectivity index (χ0) is 15.1. The molecule has 1 rings (SSSR count). The number of hydrogen-bond donors (Lipinski definition) is 2. The first-order valence-electron chi connectivity index (χ1n) is 6.82. The van der Waals surface area contributed by atoms with Gasteiger partial charge in [0.05, 0.1) is 6.54 Å². The second kappa shape index (κ2) is 7.65. The molecule has 110 valence electrons. The fourth-order valence-corrected chi connectivity index (χ4v) is 1.91. The van der Waals surface area contributed by atoms with E-state index in [1.807, 2.05) is 31.2 Å². The summed E-state index contributed by atoms with van der Waals surface area (Å²) < 4.78 is 0. The van der Waals surface area contributed by atoms with Crippen molar-refractivity contribution in [3.05, 3.63) is 29.8 Å². The van der Waals surface area contributed by atoms with Gasteiger partial charge in [0.25, 0.3) is 0 Å². The molecule has 0 heterocycles. The topological polar surface area (TPSA) is 75.4 Å². The van der Waals surface area contributed by atoms with Gasteiger partial charge in [-0.15, -0.1) is 0 Å². The van der Waals surface area contributed by atoms with Crippen molar-refractivity contribution in [2.24, 2.45) is 11.7 Å². The summed E-state index contributed by atoms with van der Waals surface area (Å²) in [5, 5.41) is 2.84. The number of carbonyl (C=O) groups is 2. The minimum atomic E-state index is -0.268. The number of nitrogens with two attached hydrogens (primary N) is 1. The van der Waals surface area contributed by atoms with Crippen molar-refractivity contribution in [3.8, 4) is 0 Å². The molecule has 0 aliphatic rings. The maximum atomic E-state index is 12.0. The van der Waals surface area contributed by atoms with Gasteiger partial charge in [0.15, 0.2) is 0 Å². The Balaban J connectivity index is 2.62. The Hall–Kier alpha value is -1.88. The van der Waals surface area contributed by atoms with Crippen LogP contribution in [0.25, 0.3) is 0 Å². The largest absolute Gasteiger partial charge is 0.336 e. The van der Waals surface area contributed by atoms with Gasteiger partial charge in [-0.25, -0.2) is 0 Å². The smallest absolute Gasteiger partial charge is 0.243 e. The van der Waals surface area contributed by atoms with E-state index in [1.165, 1.54) is 4.90 Å². The summed E-state index contributed by atoms with van der Waals surface area (Å²) >= 11 is 0. The Labute approximate surface area is 120 Å². The normalized spacial score (nSPS) is 11.8. The first-order chi connectivity index (χ1) is 9.49. The van der Waals surface area contributed by atoms with Gasteiger partial charge in [0.1, 0.15) is 0 Å². The first kappa shape index (κ1) is 16.2. The van der Waals surface area contributed by atoms with E-state index in [-0.39, 0.29) is 30.8 Å². The van der Waals surface area contributed by atoms with Crippen molar-refractivity contribution in [1.29, 1.82) is 0 Å². The molecule has 2 amide bonds. The summed E-state index contributed by atoms with van der Waals surface area (Å²) in [6.45, 7) is 4.09. The third-order valence-corrected chi connectivity index (χ3v) is 3.20. The number of nitrogens with zero attached hydrogens (tertiary/aromatic N) is 1. The number of benzene rings is 1. The standard InChI is InChI=1S/C15H23N3O2/c1-4-12-7-5-6-8-13(12)17-14(19)10-18(3)15(20)11(2)9-16/h5-8,11H,4,9-10,16H2,1-3H3,(H,17,19). The fraction of sp³-hybridized carbons (Fsp3) is 0.467. The maximum Gasteiger partial charge on any atom is 0.243 e. The number of rotatable bonds is 6. The molecular formula is C15H23N3O2. The average Bonchev–Trinajstić information content (AvgIpc) is 2.45. The number of para-hydroxylation sites is 1. The number of aryl methyl sites for hydroxylation is 1. The average molecular weight is 277 g/mol. The Bertz CT molecular complexity index is 474. The van der Waals surface area contributed by atoms with E-state index in [1.54, 1.807) is 14.0 Å². The molecule has 0 spiro atoms. The van der Waals surface area contributed by atoms with Gasteiger partial charge in [0.2, 0.25) is 11.8 Å². The minimum Gasteiger partial charge on any atom is -0.336 e. The van der Waals surface area contributed by atoms with Crippen LogP contribution in [0.15, 0.2) is 24.3 Å². The van der Waals surface area contributed by atoms with Crippen LogP contribution in [0.1, 0.15) is 19.4 Å². The van der Waals surface area contributed by atoms with Crippen LogP contribution in [0.3, 0.4) is 0 Å². The quantitative estimate of drug-likeness (QED) is 0.821. The van der Waals surface area contributed by atoms with Crippen LogP contribution in [0.2, 0.25) is 0 Å². The van der Waals surface area contributed by atoms with Crippen molar-refractivity contribution >= 4 is 17.5 Å². The molecule has 0 bridgehead atoms. The number of anilines is 1. The summed E-state index contributed by atoms with van der Waals surface area (Å²) in [6, 6.07) is 7.65. The van der Waals surface area contributed by atoms with Crippen molar-refractivity contribution in [3.63, 3.8) is 0 Å². The number of carbonyl (C=O) groups excluding carboxylic acids is 2. The molecule has 5 nitrogen and oxygen atoms in total. The number of hydrogen-bond acceptors (Lipinski definition) is 3. The molecule has 0 fully saturated rings. The van der Waals surface area contributed by atoms with Gasteiger partial charge < -0.3 is 16.0 Å². The van der Waals surface area contributed by atoms with E-state index in [0.717, 1.165) is 17.7 Å². The van der Waals surface area contributed by atoms with Crippen LogP contribution >= 0.6 is 0 Å². The molecule has 5 heteroatoms. The van der Waals surface area contributed by atoms with Crippen molar-refractivity contribution < 1.29 is 9.59 Å². The second-order valence-electron chi connectivity index (χ2n) is 4.89. The van der Waals surface area contributed by atoms with Gasteiger partial charge in [-0.05, 0) is 18.1 Å². The van der Waals surface area contributed by atoms with Gasteiger partial charge in [0, 0.05) is 25.2 Å². The third kappa shape index (κ3) is 4.35.